The molecule has 0 saturated heterocycles. The fourth-order valence-corrected chi connectivity index (χ4v) is 4.91. The molecule has 1 aromatic heterocycles. The minimum atomic E-state index is -0.216. The van der Waals surface area contributed by atoms with E-state index in [4.69, 9.17) is 13.9 Å². The van der Waals surface area contributed by atoms with Crippen molar-refractivity contribution in [3.8, 4) is 11.5 Å². The van der Waals surface area contributed by atoms with E-state index in [-0.39, 0.29) is 12.7 Å². The molecular formula is C28H32N2O4. The molecule has 34 heavy (non-hydrogen) atoms. The number of furan rings is 1. The van der Waals surface area contributed by atoms with E-state index in [1.54, 1.807) is 6.07 Å². The maximum absolute atomic E-state index is 12.7. The Hall–Kier alpha value is -3.25. The number of hydrogen-bond donors (Lipinski definition) is 1. The fourth-order valence-electron chi connectivity index (χ4n) is 4.91. The number of benzene rings is 2. The number of carbonyl (C=O) groups is 1. The van der Waals surface area contributed by atoms with Gasteiger partial charge < -0.3 is 19.2 Å². The molecule has 178 valence electrons. The minimum Gasteiger partial charge on any atom is -0.455 e. The second-order valence-electron chi connectivity index (χ2n) is 9.32. The maximum atomic E-state index is 12.7. The van der Waals surface area contributed by atoms with Crippen molar-refractivity contribution in [3.05, 3.63) is 82.8 Å². The Morgan fingerprint density at radius 3 is 2.65 bits per heavy atom. The van der Waals surface area contributed by atoms with Crippen molar-refractivity contribution < 1.29 is 18.7 Å². The molecule has 1 saturated carbocycles. The summed E-state index contributed by atoms with van der Waals surface area (Å²) in [6, 6.07) is 18.6. The zero-order chi connectivity index (χ0) is 23.3. The number of nitrogens with zero attached hydrogens (tertiary/aromatic N) is 1. The quantitative estimate of drug-likeness (QED) is 0.475. The first kappa shape index (κ1) is 22.5. The lowest BCUT2D eigenvalue weighted by Gasteiger charge is -2.34. The van der Waals surface area contributed by atoms with Crippen LogP contribution in [-0.2, 0) is 19.6 Å². The molecule has 1 amide bonds. The summed E-state index contributed by atoms with van der Waals surface area (Å²) in [5.74, 6) is 2.40. The van der Waals surface area contributed by atoms with Gasteiger partial charge in [-0.2, -0.15) is 0 Å². The predicted molar refractivity (Wildman–Crippen MR) is 130 cm³/mol. The number of aryl methyl sites for hydroxylation is 1. The Morgan fingerprint density at radius 2 is 1.79 bits per heavy atom. The Morgan fingerprint density at radius 1 is 0.941 bits per heavy atom. The molecule has 1 aliphatic heterocycles. The molecule has 0 atom stereocenters. The monoisotopic (exact) mass is 460 g/mol. The molecule has 1 N–H and O–H groups in total. The Balaban J connectivity index is 1.22. The van der Waals surface area contributed by atoms with Gasteiger partial charge >= 0.3 is 0 Å². The molecule has 0 radical (unpaired) electrons. The summed E-state index contributed by atoms with van der Waals surface area (Å²) in [4.78, 5) is 15.2. The molecule has 1 fully saturated rings. The summed E-state index contributed by atoms with van der Waals surface area (Å²) in [6.45, 7) is 4.36. The van der Waals surface area contributed by atoms with Gasteiger partial charge in [0, 0.05) is 19.1 Å². The lowest BCUT2D eigenvalue weighted by Crippen LogP contribution is -2.35. The van der Waals surface area contributed by atoms with Gasteiger partial charge in [0.05, 0.1) is 6.54 Å². The number of fused-ring (bicyclic) bond motifs is 1. The second-order valence-corrected chi connectivity index (χ2v) is 9.32. The van der Waals surface area contributed by atoms with Crippen molar-refractivity contribution in [2.45, 2.75) is 64.7 Å². The van der Waals surface area contributed by atoms with E-state index in [9.17, 15) is 4.79 Å². The van der Waals surface area contributed by atoms with Gasteiger partial charge in [-0.25, -0.2) is 0 Å². The molecule has 3 aromatic rings. The van der Waals surface area contributed by atoms with Crippen LogP contribution in [0.5, 0.6) is 11.5 Å². The summed E-state index contributed by atoms with van der Waals surface area (Å²) >= 11 is 0. The number of rotatable bonds is 8. The molecule has 2 aliphatic rings. The molecule has 6 heteroatoms. The van der Waals surface area contributed by atoms with Crippen molar-refractivity contribution in [1.29, 1.82) is 0 Å². The Kier molecular flexibility index (Phi) is 6.86. The molecule has 1 aliphatic carbocycles. The number of hydrogen-bond acceptors (Lipinski definition) is 5. The first-order chi connectivity index (χ1) is 16.6. The number of amides is 1. The summed E-state index contributed by atoms with van der Waals surface area (Å²) in [5.41, 5.74) is 3.55. The Bertz CT molecular complexity index is 1130. The lowest BCUT2D eigenvalue weighted by atomic mass is 9.93. The van der Waals surface area contributed by atoms with Gasteiger partial charge in [0.25, 0.3) is 5.91 Å². The minimum absolute atomic E-state index is 0.216. The molecule has 0 unspecified atom stereocenters. The van der Waals surface area contributed by atoms with Crippen LogP contribution in [0.25, 0.3) is 0 Å². The highest BCUT2D eigenvalue weighted by Gasteiger charge is 2.23. The normalized spacial score (nSPS) is 15.6. The summed E-state index contributed by atoms with van der Waals surface area (Å²) < 4.78 is 16.7. The largest absolute Gasteiger partial charge is 0.455 e. The molecular weight excluding hydrogens is 428 g/mol. The van der Waals surface area contributed by atoms with E-state index in [0.29, 0.717) is 30.6 Å². The Labute approximate surface area is 200 Å². The molecule has 0 bridgehead atoms. The van der Waals surface area contributed by atoms with E-state index in [0.717, 1.165) is 23.6 Å². The molecule has 2 aromatic carbocycles. The van der Waals surface area contributed by atoms with Crippen LogP contribution in [0.4, 0.5) is 0 Å². The van der Waals surface area contributed by atoms with Gasteiger partial charge in [0.1, 0.15) is 5.76 Å². The van der Waals surface area contributed by atoms with Crippen LogP contribution in [0.1, 0.15) is 65.1 Å². The highest BCUT2D eigenvalue weighted by Crippen LogP contribution is 2.32. The first-order valence-electron chi connectivity index (χ1n) is 12.2. The molecule has 5 rings (SSSR count). The average Bonchev–Trinajstić information content (AvgIpc) is 3.52. The van der Waals surface area contributed by atoms with E-state index >= 15 is 0 Å². The lowest BCUT2D eigenvalue weighted by molar-refractivity contribution is 0.0913. The number of carbonyl (C=O) groups excluding carboxylic acids is 1. The van der Waals surface area contributed by atoms with Crippen LogP contribution in [-0.4, -0.2) is 23.6 Å². The molecule has 2 heterocycles. The van der Waals surface area contributed by atoms with Gasteiger partial charge in [0.2, 0.25) is 6.79 Å². The van der Waals surface area contributed by atoms with Crippen LogP contribution >= 0.6 is 0 Å². The summed E-state index contributed by atoms with van der Waals surface area (Å²) in [6.07, 6.45) is 6.31. The number of ether oxygens (including phenoxy) is 2. The van der Waals surface area contributed by atoms with Crippen LogP contribution < -0.4 is 14.8 Å². The number of nitrogens with one attached hydrogen (secondary N) is 1. The van der Waals surface area contributed by atoms with Crippen molar-refractivity contribution in [2.75, 3.05) is 6.79 Å². The van der Waals surface area contributed by atoms with Gasteiger partial charge in [0.15, 0.2) is 17.3 Å². The topological polar surface area (TPSA) is 63.9 Å². The maximum Gasteiger partial charge on any atom is 0.287 e. The van der Waals surface area contributed by atoms with Crippen molar-refractivity contribution in [1.82, 2.24) is 10.2 Å². The van der Waals surface area contributed by atoms with Crippen LogP contribution in [0.3, 0.4) is 0 Å². The highest BCUT2D eigenvalue weighted by molar-refractivity contribution is 5.91. The third-order valence-corrected chi connectivity index (χ3v) is 6.69. The van der Waals surface area contributed by atoms with Gasteiger partial charge in [-0.15, -0.1) is 0 Å². The van der Waals surface area contributed by atoms with Crippen molar-refractivity contribution >= 4 is 5.91 Å². The zero-order valence-electron chi connectivity index (χ0n) is 19.7. The van der Waals surface area contributed by atoms with Gasteiger partial charge in [-0.3, -0.25) is 9.69 Å². The highest BCUT2D eigenvalue weighted by atomic mass is 16.7. The predicted octanol–water partition coefficient (Wildman–Crippen LogP) is 5.58. The fraction of sp³-hybridized carbons (Fsp3) is 0.393. The average molecular weight is 461 g/mol. The van der Waals surface area contributed by atoms with E-state index in [1.807, 2.05) is 24.3 Å². The van der Waals surface area contributed by atoms with Gasteiger partial charge in [-0.1, -0.05) is 55.2 Å². The molecule has 6 nitrogen and oxygen atoms in total. The van der Waals surface area contributed by atoms with E-state index in [2.05, 4.69) is 41.4 Å². The molecule has 0 spiro atoms. The summed E-state index contributed by atoms with van der Waals surface area (Å²) in [7, 11) is 0. The van der Waals surface area contributed by atoms with Crippen molar-refractivity contribution in [3.63, 3.8) is 0 Å². The van der Waals surface area contributed by atoms with Crippen LogP contribution in [0.2, 0.25) is 0 Å². The van der Waals surface area contributed by atoms with Crippen LogP contribution in [0, 0.1) is 6.92 Å². The first-order valence-corrected chi connectivity index (χ1v) is 12.2. The SMILES string of the molecule is Cc1cccc(CN(Cc2ccc(C(=O)NCc3ccc4c(c3)OCO4)o2)C2CCCCC2)c1. The summed E-state index contributed by atoms with van der Waals surface area (Å²) in [5, 5.41) is 2.94. The smallest absolute Gasteiger partial charge is 0.287 e. The van der Waals surface area contributed by atoms with Gasteiger partial charge in [-0.05, 0) is 55.2 Å². The standard InChI is InChI=1S/C28H32N2O4/c1-20-6-5-7-22(14-20)17-30(23-8-3-2-4-9-23)18-24-11-13-26(34-24)28(31)29-16-21-10-12-25-27(15-21)33-19-32-25/h5-7,10-15,23H,2-4,8-9,16-19H2,1H3,(H,29,31). The zero-order valence-corrected chi connectivity index (χ0v) is 19.7. The second kappa shape index (κ2) is 10.3. The van der Waals surface area contributed by atoms with Crippen molar-refractivity contribution in [2.24, 2.45) is 0 Å². The van der Waals surface area contributed by atoms with Crippen LogP contribution in [0.15, 0.2) is 59.0 Å². The van der Waals surface area contributed by atoms with E-state index < -0.39 is 0 Å². The third-order valence-electron chi connectivity index (χ3n) is 6.69. The van der Waals surface area contributed by atoms with E-state index in [1.165, 1.54) is 43.2 Å². The third kappa shape index (κ3) is 5.45.